The highest BCUT2D eigenvalue weighted by Gasteiger charge is 2.51. The first-order valence-electron chi connectivity index (χ1n) is 48.4. The predicted molar refractivity (Wildman–Crippen MR) is 587 cm³/mol. The summed E-state index contributed by atoms with van der Waals surface area (Å²) >= 11 is 0. The number of para-hydroxylation sites is 2. The van der Waals surface area contributed by atoms with Gasteiger partial charge in [-0.3, -0.25) is 0 Å². The van der Waals surface area contributed by atoms with E-state index in [2.05, 4.69) is 487 Å². The van der Waals surface area contributed by atoms with Crippen molar-refractivity contribution in [2.75, 3.05) is 19.6 Å². The second-order valence-electron chi connectivity index (χ2n) is 37.8. The molecule has 0 fully saturated rings. The molecule has 2 unspecified atom stereocenters. The summed E-state index contributed by atoms with van der Waals surface area (Å²) in [6, 6.07) is 164. The van der Waals surface area contributed by atoms with Crippen LogP contribution in [0, 0.1) is 53.2 Å². The van der Waals surface area contributed by atoms with Gasteiger partial charge in [-0.05, 0) is 367 Å². The molecule has 676 valence electrons. The van der Waals surface area contributed by atoms with Gasteiger partial charge >= 0.3 is 0 Å². The van der Waals surface area contributed by atoms with Gasteiger partial charge in [0.1, 0.15) is 11.6 Å². The van der Waals surface area contributed by atoms with Gasteiger partial charge in [-0.25, -0.2) is 8.78 Å². The van der Waals surface area contributed by atoms with Crippen LogP contribution in [0.3, 0.4) is 0 Å². The Hall–Kier alpha value is -17.3. The van der Waals surface area contributed by atoms with E-state index in [9.17, 15) is 0 Å². The number of hydrogen-bond donors (Lipinski definition) is 0. The van der Waals surface area contributed by atoms with Gasteiger partial charge in [0.25, 0.3) is 0 Å². The quantitative estimate of drug-likeness (QED) is 0.0633. The van der Waals surface area contributed by atoms with Crippen molar-refractivity contribution in [2.45, 2.75) is 57.8 Å². The van der Waals surface area contributed by atoms with Crippen molar-refractivity contribution in [3.8, 4) is 55.6 Å². The summed E-state index contributed by atoms with van der Waals surface area (Å²) < 4.78 is 30.4. The molecule has 4 nitrogen and oxygen atoms in total. The van der Waals surface area contributed by atoms with E-state index < -0.39 is 16.2 Å². The van der Waals surface area contributed by atoms with E-state index >= 15 is 8.78 Å². The molecule has 141 heavy (non-hydrogen) atoms. The standard InChI is InChI=1S/C135H102F2N4/c1-10-94-37-51-101(52-38-94)133(126-81-88(4)31-34-91(126)7)124-29-21-19-27-118(124)120-77-73-116(84-129(120)133)140(112-69-57-104(136)58-70-112)110-65-47-99(48-66-110)97-43-61-108(62-44-97)138(106-23-15-13-16-24-106)114-75-79-122-123-80-76-115(87-132(123)135(131(122)86-114,103-55-41-96(12-3)42-56-103)128-83-90(6)33-36-93(128)9)139(107-25-17-14-18-26-107)109-63-45-98(46-64-109)100-49-67-111(68-50-100)141(113-71-59-105(137)60-72-113)117-74-78-121-119-28-20-22-30-125(119)134(130(121)85-117,102-53-39-95(11-2)40-54-102)127-82-89(5)32-35-92(127)8/h10-87H,1-3H2,4-9H3. The van der Waals surface area contributed by atoms with Crippen molar-refractivity contribution >= 4 is 86.5 Å². The maximum Gasteiger partial charge on any atom is 0.123 e. The average molecular weight is 1820 g/mol. The first-order chi connectivity index (χ1) is 69.0. The predicted octanol–water partition coefficient (Wildman–Crippen LogP) is 36.0. The molecule has 23 rings (SSSR count). The van der Waals surface area contributed by atoms with Crippen molar-refractivity contribution in [1.29, 1.82) is 0 Å². The first-order valence-corrected chi connectivity index (χ1v) is 48.4. The summed E-state index contributed by atoms with van der Waals surface area (Å²) in [5.41, 5.74) is 45.1. The fraction of sp³-hybridized carbons (Fsp3) is 0.0667. The monoisotopic (exact) mass is 1820 g/mol. The van der Waals surface area contributed by atoms with Crippen LogP contribution in [0.25, 0.3) is 73.9 Å². The highest BCUT2D eigenvalue weighted by atomic mass is 19.1. The van der Waals surface area contributed by atoms with E-state index in [4.69, 9.17) is 0 Å². The zero-order valence-electron chi connectivity index (χ0n) is 79.7. The molecule has 0 amide bonds. The lowest BCUT2D eigenvalue weighted by Gasteiger charge is -2.37. The molecule has 0 radical (unpaired) electrons. The molecule has 0 spiro atoms. The first kappa shape index (κ1) is 87.7. The second kappa shape index (κ2) is 35.7. The molecule has 20 aromatic rings. The fourth-order valence-electron chi connectivity index (χ4n) is 23.0. The van der Waals surface area contributed by atoms with E-state index in [-0.39, 0.29) is 11.6 Å². The summed E-state index contributed by atoms with van der Waals surface area (Å²) in [5.74, 6) is -0.597. The van der Waals surface area contributed by atoms with Crippen LogP contribution in [0.15, 0.2) is 475 Å². The van der Waals surface area contributed by atoms with Gasteiger partial charge in [0.2, 0.25) is 0 Å². The lowest BCUT2D eigenvalue weighted by molar-refractivity contribution is 0.627. The summed E-state index contributed by atoms with van der Waals surface area (Å²) in [6.45, 7) is 25.8. The van der Waals surface area contributed by atoms with Crippen LogP contribution in [0.5, 0.6) is 0 Å². The smallest absolute Gasteiger partial charge is 0.123 e. The fourth-order valence-corrected chi connectivity index (χ4v) is 23.0. The summed E-state index contributed by atoms with van der Waals surface area (Å²) in [5, 5.41) is 0. The molecule has 6 heteroatoms. The maximum atomic E-state index is 15.2. The van der Waals surface area contributed by atoms with E-state index in [1.165, 1.54) is 111 Å². The molecular formula is C135H102F2N4. The SMILES string of the molecule is C=Cc1ccc(C2(c3cc(C)ccc3C)c3ccccc3-c3ccc(N(c4ccc(F)cc4)c4ccc(-c5ccc(N(c6ccccc6)c6ccc7c(c6)C(c6ccc(C=C)cc6)(c6cc(C)ccc6C)c6cc(N(c8ccccc8)c8ccc(-c9ccc(N(c%10ccc(F)cc%10)c%10ccc%11c(c%10)C(c%10ccc(C=C)cc%10)(c%10cc(C)ccc%10C)c%10ccccc%10-%11)cc9)cc8)ccc6-7)cc5)cc4)cc32)cc1. The molecule has 0 saturated carbocycles. The molecule has 0 aromatic heterocycles. The number of benzene rings is 20. The molecule has 0 N–H and O–H groups in total. The van der Waals surface area contributed by atoms with Gasteiger partial charge in [-0.15, -0.1) is 0 Å². The van der Waals surface area contributed by atoms with Gasteiger partial charge in [0.15, 0.2) is 0 Å². The highest BCUT2D eigenvalue weighted by Crippen LogP contribution is 2.63. The van der Waals surface area contributed by atoms with Crippen LogP contribution in [0.2, 0.25) is 0 Å². The van der Waals surface area contributed by atoms with Crippen LogP contribution in [0.4, 0.5) is 77.0 Å². The highest BCUT2D eigenvalue weighted by molar-refractivity contribution is 5.97. The van der Waals surface area contributed by atoms with E-state index in [1.54, 1.807) is 24.3 Å². The Bertz CT molecular complexity index is 7820. The number of fused-ring (bicyclic) bond motifs is 9. The summed E-state index contributed by atoms with van der Waals surface area (Å²) in [6.07, 6.45) is 5.74. The lowest BCUT2D eigenvalue weighted by atomic mass is 9.66. The topological polar surface area (TPSA) is 13.0 Å². The molecule has 0 bridgehead atoms. The number of nitrogens with zero attached hydrogens (tertiary/aromatic N) is 4. The Morgan fingerprint density at radius 1 is 0.184 bits per heavy atom. The molecular weight excluding hydrogens is 1720 g/mol. The van der Waals surface area contributed by atoms with Crippen molar-refractivity contribution in [2.24, 2.45) is 0 Å². The minimum absolute atomic E-state index is 0.298. The van der Waals surface area contributed by atoms with E-state index in [0.717, 1.165) is 129 Å². The molecule has 0 heterocycles. The Morgan fingerprint density at radius 2 is 0.397 bits per heavy atom. The largest absolute Gasteiger partial charge is 0.310 e. The Labute approximate surface area is 825 Å². The van der Waals surface area contributed by atoms with Gasteiger partial charge < -0.3 is 19.6 Å². The van der Waals surface area contributed by atoms with Gasteiger partial charge in [0.05, 0.1) is 16.2 Å². The second-order valence-corrected chi connectivity index (χ2v) is 37.8. The van der Waals surface area contributed by atoms with Crippen molar-refractivity contribution in [1.82, 2.24) is 0 Å². The Balaban J connectivity index is 0.597. The number of halogens is 2. The number of anilines is 12. The maximum absolute atomic E-state index is 15.2. The van der Waals surface area contributed by atoms with Crippen molar-refractivity contribution < 1.29 is 8.78 Å². The number of rotatable bonds is 23. The number of aryl methyl sites for hydroxylation is 6. The normalized spacial score (nSPS) is 15.0. The molecule has 20 aromatic carbocycles. The zero-order valence-corrected chi connectivity index (χ0v) is 79.7. The lowest BCUT2D eigenvalue weighted by Crippen LogP contribution is -2.30. The third-order valence-electron chi connectivity index (χ3n) is 29.7. The van der Waals surface area contributed by atoms with E-state index in [1.807, 2.05) is 42.5 Å². The van der Waals surface area contributed by atoms with Gasteiger partial charge in [-0.2, -0.15) is 0 Å². The zero-order chi connectivity index (χ0) is 95.9. The Morgan fingerprint density at radius 3 is 0.652 bits per heavy atom. The van der Waals surface area contributed by atoms with Crippen molar-refractivity contribution in [3.63, 3.8) is 0 Å². The minimum Gasteiger partial charge on any atom is -0.310 e. The van der Waals surface area contributed by atoms with Gasteiger partial charge in [0, 0.05) is 68.2 Å². The van der Waals surface area contributed by atoms with Crippen LogP contribution >= 0.6 is 0 Å². The number of hydrogen-bond acceptors (Lipinski definition) is 4. The van der Waals surface area contributed by atoms with Crippen LogP contribution in [-0.2, 0) is 16.2 Å². The molecule has 0 saturated heterocycles. The van der Waals surface area contributed by atoms with Crippen molar-refractivity contribution in [3.05, 3.63) is 603 Å². The molecule has 2 atom stereocenters. The Kier molecular flexibility index (Phi) is 22.2. The third kappa shape index (κ3) is 14.8. The van der Waals surface area contributed by atoms with Crippen LogP contribution in [0.1, 0.15) is 117 Å². The van der Waals surface area contributed by atoms with Gasteiger partial charge in [-0.1, -0.05) is 340 Å². The van der Waals surface area contributed by atoms with Crippen LogP contribution in [-0.4, -0.2) is 0 Å². The van der Waals surface area contributed by atoms with Crippen LogP contribution < -0.4 is 19.6 Å². The average Bonchev–Trinajstić information content (AvgIpc) is 1.47. The molecule has 3 aliphatic rings. The summed E-state index contributed by atoms with van der Waals surface area (Å²) in [4.78, 5) is 9.30. The molecule has 3 aliphatic carbocycles. The van der Waals surface area contributed by atoms with E-state index in [0.29, 0.717) is 0 Å². The molecule has 0 aliphatic heterocycles. The summed E-state index contributed by atoms with van der Waals surface area (Å²) in [7, 11) is 0. The third-order valence-corrected chi connectivity index (χ3v) is 29.7. The minimum atomic E-state index is -0.854.